The Labute approximate surface area is 142 Å². The minimum atomic E-state index is -0.374. The van der Waals surface area contributed by atoms with Crippen LogP contribution in [0.1, 0.15) is 5.56 Å². The zero-order valence-corrected chi connectivity index (χ0v) is 14.5. The van der Waals surface area contributed by atoms with E-state index >= 15 is 0 Å². The Bertz CT molecular complexity index is 684. The van der Waals surface area contributed by atoms with Crippen molar-refractivity contribution >= 4 is 34.6 Å². The van der Waals surface area contributed by atoms with Crippen LogP contribution in [0.3, 0.4) is 0 Å². The Morgan fingerprint density at radius 3 is 2.59 bits per heavy atom. The molecule has 1 rings (SSSR count). The summed E-state index contributed by atoms with van der Waals surface area (Å²) in [6.45, 7) is -0.0931. The molecule has 0 bridgehead atoms. The zero-order valence-electron chi connectivity index (χ0n) is 12.4. The van der Waals surface area contributed by atoms with Gasteiger partial charge in [0.25, 0.3) is 5.91 Å². The van der Waals surface area contributed by atoms with Gasteiger partial charge >= 0.3 is 0 Å². The maximum absolute atomic E-state index is 11.9. The lowest BCUT2D eigenvalue weighted by molar-refractivity contribution is -0.124. The molecule has 0 atom stereocenters. The van der Waals surface area contributed by atoms with Gasteiger partial charge in [0, 0.05) is 14.1 Å². The molecule has 0 radical (unpaired) electrons. The van der Waals surface area contributed by atoms with Gasteiger partial charge in [-0.25, -0.2) is 0 Å². The van der Waals surface area contributed by atoms with Gasteiger partial charge in [0.15, 0.2) is 18.1 Å². The third kappa shape index (κ3) is 4.37. The highest BCUT2D eigenvalue weighted by Crippen LogP contribution is 2.34. The summed E-state index contributed by atoms with van der Waals surface area (Å²) in [5.41, 5.74) is 0.658. The lowest BCUT2D eigenvalue weighted by Gasteiger charge is -2.12. The Morgan fingerprint density at radius 2 is 2.09 bits per heavy atom. The van der Waals surface area contributed by atoms with E-state index < -0.39 is 0 Å². The van der Waals surface area contributed by atoms with Crippen molar-refractivity contribution in [3.05, 3.63) is 26.8 Å². The topological polar surface area (TPSA) is 86.3 Å². The number of amides is 1. The second kappa shape index (κ2) is 8.25. The minimum Gasteiger partial charge on any atom is -0.493 e. The van der Waals surface area contributed by atoms with Crippen LogP contribution in [0.15, 0.2) is 17.7 Å². The molecular weight excluding hydrogens is 397 g/mol. The zero-order chi connectivity index (χ0) is 16.7. The minimum absolute atomic E-state index is 0.0218. The van der Waals surface area contributed by atoms with Crippen LogP contribution in [-0.2, 0) is 4.79 Å². The maximum Gasteiger partial charge on any atom is 0.264 e. The molecule has 1 aromatic rings. The lowest BCUT2D eigenvalue weighted by atomic mass is 10.1. The maximum atomic E-state index is 11.9. The molecule has 22 heavy (non-hydrogen) atoms. The average molecular weight is 411 g/mol. The van der Waals surface area contributed by atoms with Gasteiger partial charge in [0.05, 0.1) is 10.7 Å². The summed E-state index contributed by atoms with van der Waals surface area (Å²) in [7, 11) is 4.64. The Kier molecular flexibility index (Phi) is 6.67. The molecule has 1 aromatic carbocycles. The molecule has 0 fully saturated rings. The number of benzene rings is 1. The second-order valence-corrected chi connectivity index (χ2v) is 5.51. The molecule has 0 heterocycles. The predicted octanol–water partition coefficient (Wildman–Crippen LogP) is 2.20. The third-order valence-electron chi connectivity index (χ3n) is 2.60. The van der Waals surface area contributed by atoms with Crippen molar-refractivity contribution in [1.29, 1.82) is 10.5 Å². The third-order valence-corrected chi connectivity index (χ3v) is 3.40. The van der Waals surface area contributed by atoms with Gasteiger partial charge in [-0.2, -0.15) is 10.5 Å². The van der Waals surface area contributed by atoms with Gasteiger partial charge in [-0.05, 0) is 46.4 Å². The monoisotopic (exact) mass is 411 g/mol. The molecule has 1 amide bonds. The van der Waals surface area contributed by atoms with E-state index in [1.165, 1.54) is 18.1 Å². The number of methoxy groups -OCH3 is 1. The molecular formula is C15H14IN3O3. The van der Waals surface area contributed by atoms with Crippen LogP contribution >= 0.6 is 22.6 Å². The highest BCUT2D eigenvalue weighted by atomic mass is 127. The van der Waals surface area contributed by atoms with E-state index in [9.17, 15) is 4.79 Å². The fourth-order valence-corrected chi connectivity index (χ4v) is 2.40. The first-order chi connectivity index (χ1) is 10.4. The summed E-state index contributed by atoms with van der Waals surface area (Å²) in [4.78, 5) is 13.2. The van der Waals surface area contributed by atoms with Crippen molar-refractivity contribution in [3.8, 4) is 23.6 Å². The lowest BCUT2D eigenvalue weighted by Crippen LogP contribution is -2.22. The van der Waals surface area contributed by atoms with Crippen LogP contribution in [0.4, 0.5) is 0 Å². The van der Waals surface area contributed by atoms with E-state index in [1.54, 1.807) is 26.2 Å². The number of carbonyl (C=O) groups excluding carboxylic acids is 1. The Morgan fingerprint density at radius 1 is 1.41 bits per heavy atom. The first kappa shape index (κ1) is 17.8. The first-order valence-electron chi connectivity index (χ1n) is 6.15. The highest BCUT2D eigenvalue weighted by molar-refractivity contribution is 14.1. The number of rotatable bonds is 5. The highest BCUT2D eigenvalue weighted by Gasteiger charge is 2.14. The van der Waals surface area contributed by atoms with Crippen molar-refractivity contribution in [3.63, 3.8) is 0 Å². The van der Waals surface area contributed by atoms with Crippen molar-refractivity contribution in [1.82, 2.24) is 4.90 Å². The number of hydrogen-bond donors (Lipinski definition) is 0. The molecule has 0 saturated carbocycles. The molecule has 0 unspecified atom stereocenters. The van der Waals surface area contributed by atoms with E-state index in [0.717, 1.165) is 0 Å². The number of ether oxygens (including phenoxy) is 2. The molecule has 0 N–H and O–H groups in total. The predicted molar refractivity (Wildman–Crippen MR) is 89.1 cm³/mol. The van der Waals surface area contributed by atoms with Crippen molar-refractivity contribution < 1.29 is 14.3 Å². The van der Waals surface area contributed by atoms with Gasteiger partial charge < -0.3 is 14.4 Å². The van der Waals surface area contributed by atoms with Crippen LogP contribution in [0, 0.1) is 26.2 Å². The van der Waals surface area contributed by atoms with Gasteiger partial charge in [-0.3, -0.25) is 4.79 Å². The SMILES string of the molecule is COc1cc(/C=C(/C#N)C(=O)N(C)C)cc(I)c1OCC#N. The molecule has 0 aliphatic heterocycles. The number of likely N-dealkylation sites (N-methyl/N-ethyl adjacent to an activating group) is 1. The molecule has 0 aliphatic carbocycles. The number of halogens is 1. The number of carbonyl (C=O) groups is 1. The average Bonchev–Trinajstić information content (AvgIpc) is 2.50. The Balaban J connectivity index is 3.28. The standard InChI is InChI=1S/C15H14IN3O3/c1-19(2)15(20)11(9-18)6-10-7-12(16)14(22-5-4-17)13(8-10)21-3/h6-8H,5H2,1-3H3/b11-6-. The smallest absolute Gasteiger partial charge is 0.264 e. The summed E-state index contributed by atoms with van der Waals surface area (Å²) in [6.07, 6.45) is 1.49. The van der Waals surface area contributed by atoms with Crippen molar-refractivity contribution in [2.24, 2.45) is 0 Å². The van der Waals surface area contributed by atoms with Crippen LogP contribution in [-0.4, -0.2) is 38.6 Å². The van der Waals surface area contributed by atoms with Crippen LogP contribution < -0.4 is 9.47 Å². The summed E-state index contributed by atoms with van der Waals surface area (Å²) >= 11 is 2.04. The van der Waals surface area contributed by atoms with E-state index in [4.69, 9.17) is 20.0 Å². The molecule has 6 nitrogen and oxygen atoms in total. The van der Waals surface area contributed by atoms with E-state index in [2.05, 4.69) is 0 Å². The van der Waals surface area contributed by atoms with Crippen LogP contribution in [0.5, 0.6) is 11.5 Å². The fraction of sp³-hybridized carbons (Fsp3) is 0.267. The summed E-state index contributed by atoms with van der Waals surface area (Å²) in [5, 5.41) is 17.7. The van der Waals surface area contributed by atoms with Crippen molar-refractivity contribution in [2.45, 2.75) is 0 Å². The summed E-state index contributed by atoms with van der Waals surface area (Å²) < 4.78 is 11.3. The van der Waals surface area contributed by atoms with Gasteiger partial charge in [-0.1, -0.05) is 0 Å². The van der Waals surface area contributed by atoms with Crippen molar-refractivity contribution in [2.75, 3.05) is 27.8 Å². The van der Waals surface area contributed by atoms with E-state index in [-0.39, 0.29) is 18.1 Å². The fourth-order valence-electron chi connectivity index (χ4n) is 1.62. The van der Waals surface area contributed by atoms with E-state index in [0.29, 0.717) is 20.6 Å². The number of nitriles is 2. The molecule has 0 spiro atoms. The molecule has 0 aromatic heterocycles. The van der Waals surface area contributed by atoms with Crippen LogP contribution in [0.25, 0.3) is 6.08 Å². The quantitative estimate of drug-likeness (QED) is 0.421. The largest absolute Gasteiger partial charge is 0.493 e. The van der Waals surface area contributed by atoms with Gasteiger partial charge in [0.1, 0.15) is 17.7 Å². The summed E-state index contributed by atoms with van der Waals surface area (Å²) in [6, 6.07) is 7.18. The normalized spacial score (nSPS) is 10.4. The van der Waals surface area contributed by atoms with Gasteiger partial charge in [-0.15, -0.1) is 0 Å². The molecule has 0 saturated heterocycles. The molecule has 114 valence electrons. The Hall–Kier alpha value is -2.26. The van der Waals surface area contributed by atoms with Gasteiger partial charge in [0.2, 0.25) is 0 Å². The number of nitrogens with zero attached hydrogens (tertiary/aromatic N) is 3. The second-order valence-electron chi connectivity index (χ2n) is 4.35. The molecule has 7 heteroatoms. The van der Waals surface area contributed by atoms with Crippen LogP contribution in [0.2, 0.25) is 0 Å². The molecule has 0 aliphatic rings. The first-order valence-corrected chi connectivity index (χ1v) is 7.23. The summed E-state index contributed by atoms with van der Waals surface area (Å²) in [5.74, 6) is 0.517. The number of hydrogen-bond acceptors (Lipinski definition) is 5. The van der Waals surface area contributed by atoms with E-state index in [1.807, 2.05) is 34.7 Å².